The van der Waals surface area contributed by atoms with Crippen LogP contribution in [0, 0.1) is 5.82 Å². The Kier molecular flexibility index (Phi) is 5.21. The van der Waals surface area contributed by atoms with Gasteiger partial charge in [-0.05, 0) is 31.6 Å². The first kappa shape index (κ1) is 16.9. The van der Waals surface area contributed by atoms with Gasteiger partial charge in [-0.15, -0.1) is 0 Å². The van der Waals surface area contributed by atoms with Crippen molar-refractivity contribution in [1.29, 1.82) is 0 Å². The summed E-state index contributed by atoms with van der Waals surface area (Å²) in [7, 11) is 0. The molecule has 1 atom stereocenters. The standard InChI is InChI=1S/C16H19ClFNO3/c1-4-14(20)19(9-12-10-21-16(2,3)22-12)8-11-6-5-7-13(18)15(11)17/h4-7,12H,1,8-10H2,2-3H3/t12-/m0/s1. The quantitative estimate of drug-likeness (QED) is 0.780. The Labute approximate surface area is 134 Å². The summed E-state index contributed by atoms with van der Waals surface area (Å²) in [4.78, 5) is 13.6. The van der Waals surface area contributed by atoms with Crippen LogP contribution in [0.4, 0.5) is 4.39 Å². The molecule has 6 heteroatoms. The van der Waals surface area contributed by atoms with E-state index in [0.717, 1.165) is 0 Å². The summed E-state index contributed by atoms with van der Waals surface area (Å²) in [6, 6.07) is 4.53. The Bertz CT molecular complexity index is 577. The van der Waals surface area contributed by atoms with Crippen LogP contribution in [0.15, 0.2) is 30.9 Å². The molecule has 1 aromatic rings. The highest BCUT2D eigenvalue weighted by atomic mass is 35.5. The summed E-state index contributed by atoms with van der Waals surface area (Å²) in [6.07, 6.45) is 0.972. The van der Waals surface area contributed by atoms with E-state index < -0.39 is 11.6 Å². The number of amides is 1. The van der Waals surface area contributed by atoms with Crippen LogP contribution >= 0.6 is 11.6 Å². The van der Waals surface area contributed by atoms with Crippen molar-refractivity contribution in [1.82, 2.24) is 4.90 Å². The van der Waals surface area contributed by atoms with E-state index in [1.807, 2.05) is 13.8 Å². The molecule has 0 saturated carbocycles. The molecule has 1 aliphatic rings. The summed E-state index contributed by atoms with van der Waals surface area (Å²) in [6.45, 7) is 8.02. The predicted octanol–water partition coefficient (Wildman–Crippen LogP) is 3.15. The van der Waals surface area contributed by atoms with Crippen molar-refractivity contribution < 1.29 is 18.7 Å². The van der Waals surface area contributed by atoms with E-state index in [-0.39, 0.29) is 23.6 Å². The Morgan fingerprint density at radius 1 is 1.59 bits per heavy atom. The van der Waals surface area contributed by atoms with Crippen molar-refractivity contribution >= 4 is 17.5 Å². The summed E-state index contributed by atoms with van der Waals surface area (Å²) in [5.74, 6) is -1.44. The monoisotopic (exact) mass is 327 g/mol. The molecular weight excluding hydrogens is 309 g/mol. The second kappa shape index (κ2) is 6.77. The fraction of sp³-hybridized carbons (Fsp3) is 0.438. The first-order chi connectivity index (χ1) is 10.3. The lowest BCUT2D eigenvalue weighted by Gasteiger charge is -2.25. The molecule has 2 rings (SSSR count). The van der Waals surface area contributed by atoms with E-state index >= 15 is 0 Å². The molecule has 22 heavy (non-hydrogen) atoms. The van der Waals surface area contributed by atoms with Gasteiger partial charge in [0.15, 0.2) is 5.79 Å². The van der Waals surface area contributed by atoms with Crippen LogP contribution in [-0.4, -0.2) is 35.8 Å². The molecule has 1 aromatic carbocycles. The minimum Gasteiger partial charge on any atom is -0.348 e. The lowest BCUT2D eigenvalue weighted by atomic mass is 10.2. The first-order valence-corrected chi connectivity index (χ1v) is 7.36. The van der Waals surface area contributed by atoms with Crippen LogP contribution in [0.2, 0.25) is 5.02 Å². The third kappa shape index (κ3) is 4.06. The number of benzene rings is 1. The average molecular weight is 328 g/mol. The first-order valence-electron chi connectivity index (χ1n) is 6.98. The second-order valence-electron chi connectivity index (χ2n) is 5.59. The van der Waals surface area contributed by atoms with Crippen LogP contribution in [0.25, 0.3) is 0 Å². The number of carbonyl (C=O) groups is 1. The molecule has 0 bridgehead atoms. The predicted molar refractivity (Wildman–Crippen MR) is 81.9 cm³/mol. The lowest BCUT2D eigenvalue weighted by molar-refractivity contribution is -0.145. The number of halogens is 2. The largest absolute Gasteiger partial charge is 0.348 e. The number of hydrogen-bond donors (Lipinski definition) is 0. The second-order valence-corrected chi connectivity index (χ2v) is 5.96. The highest BCUT2D eigenvalue weighted by molar-refractivity contribution is 6.31. The molecule has 120 valence electrons. The highest BCUT2D eigenvalue weighted by Crippen LogP contribution is 2.25. The van der Waals surface area contributed by atoms with Gasteiger partial charge in [0.2, 0.25) is 5.91 Å². The molecule has 0 radical (unpaired) electrons. The normalized spacial score (nSPS) is 19.9. The minimum atomic E-state index is -0.663. The maximum atomic E-state index is 13.5. The van der Waals surface area contributed by atoms with Crippen molar-refractivity contribution in [2.75, 3.05) is 13.2 Å². The Morgan fingerprint density at radius 3 is 2.91 bits per heavy atom. The van der Waals surface area contributed by atoms with Gasteiger partial charge in [0, 0.05) is 13.1 Å². The van der Waals surface area contributed by atoms with Gasteiger partial charge in [-0.3, -0.25) is 4.79 Å². The van der Waals surface area contributed by atoms with E-state index in [1.54, 1.807) is 12.1 Å². The van der Waals surface area contributed by atoms with E-state index in [4.69, 9.17) is 21.1 Å². The van der Waals surface area contributed by atoms with E-state index in [0.29, 0.717) is 18.7 Å². The summed E-state index contributed by atoms with van der Waals surface area (Å²) in [5, 5.41) is 0.0216. The topological polar surface area (TPSA) is 38.8 Å². The molecule has 4 nitrogen and oxygen atoms in total. The van der Waals surface area contributed by atoms with Gasteiger partial charge in [0.25, 0.3) is 0 Å². The Balaban J connectivity index is 2.12. The zero-order valence-corrected chi connectivity index (χ0v) is 13.4. The fourth-order valence-corrected chi connectivity index (χ4v) is 2.52. The van der Waals surface area contributed by atoms with E-state index in [2.05, 4.69) is 6.58 Å². The third-order valence-corrected chi connectivity index (χ3v) is 3.79. The lowest BCUT2D eigenvalue weighted by Crippen LogP contribution is -2.37. The zero-order valence-electron chi connectivity index (χ0n) is 12.6. The SMILES string of the molecule is C=CC(=O)N(Cc1cccc(F)c1Cl)C[C@H]1COC(C)(C)O1. The molecule has 0 aliphatic carbocycles. The molecule has 0 unspecified atom stereocenters. The summed E-state index contributed by atoms with van der Waals surface area (Å²) < 4.78 is 24.7. The van der Waals surface area contributed by atoms with Crippen molar-refractivity contribution in [3.8, 4) is 0 Å². The minimum absolute atomic E-state index is 0.0216. The van der Waals surface area contributed by atoms with Crippen molar-refractivity contribution in [2.45, 2.75) is 32.3 Å². The molecule has 1 fully saturated rings. The molecule has 1 saturated heterocycles. The molecule has 1 heterocycles. The van der Waals surface area contributed by atoms with Gasteiger partial charge in [-0.1, -0.05) is 30.3 Å². The van der Waals surface area contributed by atoms with Crippen LogP contribution in [0.5, 0.6) is 0 Å². The maximum absolute atomic E-state index is 13.5. The number of rotatable bonds is 5. The highest BCUT2D eigenvalue weighted by Gasteiger charge is 2.34. The molecule has 1 aliphatic heterocycles. The van der Waals surface area contributed by atoms with Crippen LogP contribution < -0.4 is 0 Å². The van der Waals surface area contributed by atoms with Gasteiger partial charge >= 0.3 is 0 Å². The van der Waals surface area contributed by atoms with Gasteiger partial charge in [0.05, 0.1) is 11.6 Å². The molecular formula is C16H19ClFNO3. The van der Waals surface area contributed by atoms with E-state index in [1.165, 1.54) is 17.0 Å². The Hall–Kier alpha value is -1.43. The number of carbonyl (C=O) groups excluding carboxylic acids is 1. The van der Waals surface area contributed by atoms with Gasteiger partial charge < -0.3 is 14.4 Å². The Morgan fingerprint density at radius 2 is 2.32 bits per heavy atom. The van der Waals surface area contributed by atoms with Gasteiger partial charge in [-0.2, -0.15) is 0 Å². The molecule has 0 aromatic heterocycles. The van der Waals surface area contributed by atoms with Crippen molar-refractivity contribution in [3.63, 3.8) is 0 Å². The molecule has 0 spiro atoms. The van der Waals surface area contributed by atoms with Gasteiger partial charge in [-0.25, -0.2) is 4.39 Å². The third-order valence-electron chi connectivity index (χ3n) is 3.37. The van der Waals surface area contributed by atoms with Crippen LogP contribution in [0.1, 0.15) is 19.4 Å². The molecule has 1 amide bonds. The zero-order chi connectivity index (χ0) is 16.3. The van der Waals surface area contributed by atoms with Gasteiger partial charge in [0.1, 0.15) is 11.9 Å². The number of nitrogens with zero attached hydrogens (tertiary/aromatic N) is 1. The maximum Gasteiger partial charge on any atom is 0.246 e. The molecule has 0 N–H and O–H groups in total. The fourth-order valence-electron chi connectivity index (χ4n) is 2.34. The number of ether oxygens (including phenoxy) is 2. The average Bonchev–Trinajstić information content (AvgIpc) is 2.81. The van der Waals surface area contributed by atoms with Crippen molar-refractivity contribution in [2.24, 2.45) is 0 Å². The van der Waals surface area contributed by atoms with Crippen LogP contribution in [0.3, 0.4) is 0 Å². The summed E-state index contributed by atoms with van der Waals surface area (Å²) in [5.41, 5.74) is 0.537. The number of hydrogen-bond acceptors (Lipinski definition) is 3. The summed E-state index contributed by atoms with van der Waals surface area (Å²) >= 11 is 5.95. The van der Waals surface area contributed by atoms with Crippen LogP contribution in [-0.2, 0) is 20.8 Å². The van der Waals surface area contributed by atoms with E-state index in [9.17, 15) is 9.18 Å². The van der Waals surface area contributed by atoms with Crippen molar-refractivity contribution in [3.05, 3.63) is 47.3 Å². The smallest absolute Gasteiger partial charge is 0.246 e.